The third-order valence-corrected chi connectivity index (χ3v) is 2.93. The van der Waals surface area contributed by atoms with Crippen LogP contribution < -0.4 is 0 Å². The van der Waals surface area contributed by atoms with Crippen LogP contribution in [0.5, 0.6) is 0 Å². The van der Waals surface area contributed by atoms with Crippen LogP contribution in [0.25, 0.3) is 0 Å². The quantitative estimate of drug-likeness (QED) is 0.727. The Hall–Kier alpha value is -0.680. The number of methoxy groups -OCH3 is 1. The van der Waals surface area contributed by atoms with E-state index in [-0.39, 0.29) is 5.60 Å². The zero-order valence-corrected chi connectivity index (χ0v) is 8.41. The minimum atomic E-state index is 0.0213. The van der Waals surface area contributed by atoms with Crippen molar-refractivity contribution in [2.75, 3.05) is 7.11 Å². The Bertz CT molecular complexity index is 334. The van der Waals surface area contributed by atoms with Gasteiger partial charge in [0, 0.05) is 13.5 Å². The van der Waals surface area contributed by atoms with E-state index in [9.17, 15) is 0 Å². The van der Waals surface area contributed by atoms with Crippen molar-refractivity contribution in [2.45, 2.75) is 31.3 Å². The van der Waals surface area contributed by atoms with Crippen LogP contribution in [0.15, 0.2) is 0 Å². The summed E-state index contributed by atoms with van der Waals surface area (Å²) in [7, 11) is 1.76. The largest absolute Gasteiger partial charge is 0.378 e. The molecule has 13 heavy (non-hydrogen) atoms. The molecule has 1 aliphatic carbocycles. The van der Waals surface area contributed by atoms with Gasteiger partial charge in [0.1, 0.15) is 5.82 Å². The smallest absolute Gasteiger partial charge is 0.213 e. The molecule has 0 aliphatic heterocycles. The SMILES string of the molecule is COC1(Cc2nc(=S)[nH][nH]2)CCC1. The van der Waals surface area contributed by atoms with Crippen molar-refractivity contribution < 1.29 is 4.74 Å². The van der Waals surface area contributed by atoms with Crippen LogP contribution in [-0.4, -0.2) is 27.9 Å². The Labute approximate surface area is 81.7 Å². The molecule has 1 aromatic heterocycles. The maximum atomic E-state index is 5.48. The molecule has 0 radical (unpaired) electrons. The van der Waals surface area contributed by atoms with Gasteiger partial charge in [0.25, 0.3) is 0 Å². The number of ether oxygens (including phenoxy) is 1. The molecule has 2 N–H and O–H groups in total. The van der Waals surface area contributed by atoms with E-state index in [1.807, 2.05) is 0 Å². The number of aromatic amines is 2. The topological polar surface area (TPSA) is 53.7 Å². The number of rotatable bonds is 3. The summed E-state index contributed by atoms with van der Waals surface area (Å²) < 4.78 is 5.99. The lowest BCUT2D eigenvalue weighted by molar-refractivity contribution is -0.0720. The molecule has 2 rings (SSSR count). The van der Waals surface area contributed by atoms with E-state index in [0.717, 1.165) is 25.1 Å². The molecule has 0 spiro atoms. The molecule has 1 heterocycles. The lowest BCUT2D eigenvalue weighted by Crippen LogP contribution is -2.41. The summed E-state index contributed by atoms with van der Waals surface area (Å²) >= 11 is 4.87. The van der Waals surface area contributed by atoms with Gasteiger partial charge in [0.05, 0.1) is 5.60 Å². The van der Waals surface area contributed by atoms with Gasteiger partial charge in [0.2, 0.25) is 4.77 Å². The molecule has 0 saturated heterocycles. The van der Waals surface area contributed by atoms with E-state index in [2.05, 4.69) is 15.2 Å². The summed E-state index contributed by atoms with van der Waals surface area (Å²) in [6.45, 7) is 0. The monoisotopic (exact) mass is 199 g/mol. The molecule has 0 amide bonds. The maximum Gasteiger partial charge on any atom is 0.213 e. The normalized spacial score (nSPS) is 19.8. The highest BCUT2D eigenvalue weighted by molar-refractivity contribution is 7.71. The average Bonchev–Trinajstić information content (AvgIpc) is 2.44. The van der Waals surface area contributed by atoms with Crippen molar-refractivity contribution in [3.63, 3.8) is 0 Å². The molecule has 0 aromatic carbocycles. The summed E-state index contributed by atoms with van der Waals surface area (Å²) in [5, 5.41) is 5.73. The van der Waals surface area contributed by atoms with Crippen LogP contribution in [0.2, 0.25) is 0 Å². The van der Waals surface area contributed by atoms with Gasteiger partial charge in [-0.3, -0.25) is 10.2 Å². The van der Waals surface area contributed by atoms with Gasteiger partial charge in [-0.05, 0) is 31.5 Å². The Morgan fingerprint density at radius 2 is 2.31 bits per heavy atom. The predicted molar refractivity (Wildman–Crippen MR) is 51.1 cm³/mol. The third-order valence-electron chi connectivity index (χ3n) is 2.74. The molecule has 1 aliphatic rings. The number of aromatic nitrogens is 3. The fourth-order valence-electron chi connectivity index (χ4n) is 1.72. The standard InChI is InChI=1S/C8H13N3OS/c1-12-8(3-2-4-8)5-6-9-7(13)11-10-6/h2-5H2,1H3,(H2,9,10,11,13). The first-order chi connectivity index (χ1) is 6.24. The predicted octanol–water partition coefficient (Wildman–Crippen LogP) is 1.58. The van der Waals surface area contributed by atoms with Gasteiger partial charge in [-0.1, -0.05) is 0 Å². The summed E-state index contributed by atoms with van der Waals surface area (Å²) in [6, 6.07) is 0. The second kappa shape index (κ2) is 3.23. The number of hydrogen-bond acceptors (Lipinski definition) is 3. The first-order valence-electron chi connectivity index (χ1n) is 4.43. The first-order valence-corrected chi connectivity index (χ1v) is 4.84. The van der Waals surface area contributed by atoms with E-state index >= 15 is 0 Å². The lowest BCUT2D eigenvalue weighted by Gasteiger charge is -2.39. The van der Waals surface area contributed by atoms with Crippen molar-refractivity contribution >= 4 is 12.2 Å². The van der Waals surface area contributed by atoms with Crippen LogP contribution >= 0.6 is 12.2 Å². The van der Waals surface area contributed by atoms with Gasteiger partial charge in [0.15, 0.2) is 0 Å². The van der Waals surface area contributed by atoms with Gasteiger partial charge in [-0.25, -0.2) is 4.98 Å². The van der Waals surface area contributed by atoms with E-state index in [0.29, 0.717) is 4.77 Å². The second-order valence-corrected chi connectivity index (χ2v) is 3.92. The minimum Gasteiger partial charge on any atom is -0.378 e. The Balaban J connectivity index is 2.08. The summed E-state index contributed by atoms with van der Waals surface area (Å²) in [5.41, 5.74) is 0.0213. The zero-order valence-electron chi connectivity index (χ0n) is 7.59. The maximum absolute atomic E-state index is 5.48. The van der Waals surface area contributed by atoms with Crippen molar-refractivity contribution in [1.82, 2.24) is 15.2 Å². The molecule has 1 fully saturated rings. The Morgan fingerprint density at radius 3 is 2.69 bits per heavy atom. The number of nitrogens with zero attached hydrogens (tertiary/aromatic N) is 1. The molecular weight excluding hydrogens is 186 g/mol. The summed E-state index contributed by atoms with van der Waals surface area (Å²) in [5.74, 6) is 0.895. The van der Waals surface area contributed by atoms with Gasteiger partial charge in [-0.15, -0.1) is 0 Å². The van der Waals surface area contributed by atoms with Gasteiger partial charge >= 0.3 is 0 Å². The number of H-pyrrole nitrogens is 2. The highest BCUT2D eigenvalue weighted by Gasteiger charge is 2.37. The average molecular weight is 199 g/mol. The molecule has 0 unspecified atom stereocenters. The van der Waals surface area contributed by atoms with Crippen molar-refractivity contribution in [2.24, 2.45) is 0 Å². The second-order valence-electron chi connectivity index (χ2n) is 3.53. The highest BCUT2D eigenvalue weighted by Crippen LogP contribution is 2.37. The van der Waals surface area contributed by atoms with E-state index in [1.54, 1.807) is 7.11 Å². The Morgan fingerprint density at radius 1 is 1.54 bits per heavy atom. The van der Waals surface area contributed by atoms with Gasteiger partial charge in [-0.2, -0.15) is 0 Å². The van der Waals surface area contributed by atoms with Crippen LogP contribution in [0.4, 0.5) is 0 Å². The van der Waals surface area contributed by atoms with E-state index in [1.165, 1.54) is 6.42 Å². The molecule has 4 nitrogen and oxygen atoms in total. The summed E-state index contributed by atoms with van der Waals surface area (Å²) in [4.78, 5) is 4.15. The molecule has 0 atom stereocenters. The Kier molecular flexibility index (Phi) is 2.21. The summed E-state index contributed by atoms with van der Waals surface area (Å²) in [6.07, 6.45) is 4.32. The van der Waals surface area contributed by atoms with Crippen LogP contribution in [0, 0.1) is 4.77 Å². The van der Waals surface area contributed by atoms with E-state index < -0.39 is 0 Å². The molecule has 1 saturated carbocycles. The van der Waals surface area contributed by atoms with Crippen LogP contribution in [-0.2, 0) is 11.2 Å². The van der Waals surface area contributed by atoms with E-state index in [4.69, 9.17) is 17.0 Å². The highest BCUT2D eigenvalue weighted by atomic mass is 32.1. The molecule has 5 heteroatoms. The molecular formula is C8H13N3OS. The number of hydrogen-bond donors (Lipinski definition) is 2. The molecule has 72 valence electrons. The zero-order chi connectivity index (χ0) is 9.31. The van der Waals surface area contributed by atoms with Gasteiger partial charge < -0.3 is 4.74 Å². The first kappa shape index (κ1) is 8.90. The van der Waals surface area contributed by atoms with Crippen molar-refractivity contribution in [3.8, 4) is 0 Å². The van der Waals surface area contributed by atoms with Crippen LogP contribution in [0.1, 0.15) is 25.1 Å². The number of nitrogens with one attached hydrogen (secondary N) is 2. The minimum absolute atomic E-state index is 0.0213. The fourth-order valence-corrected chi connectivity index (χ4v) is 1.88. The van der Waals surface area contributed by atoms with Crippen molar-refractivity contribution in [1.29, 1.82) is 0 Å². The van der Waals surface area contributed by atoms with Crippen molar-refractivity contribution in [3.05, 3.63) is 10.6 Å². The molecule has 0 bridgehead atoms. The van der Waals surface area contributed by atoms with Crippen LogP contribution in [0.3, 0.4) is 0 Å². The fraction of sp³-hybridized carbons (Fsp3) is 0.750. The third kappa shape index (κ3) is 1.66. The molecule has 1 aromatic rings. The lowest BCUT2D eigenvalue weighted by atomic mass is 9.77.